The number of esters is 1. The zero-order valence-corrected chi connectivity index (χ0v) is 10.8. The van der Waals surface area contributed by atoms with Crippen LogP contribution in [-0.2, 0) is 20.7 Å². The highest BCUT2D eigenvalue weighted by atomic mass is 16.5. The Balaban J connectivity index is 2.22. The number of nitrogens with two attached hydrogens (primary N) is 1. The smallest absolute Gasteiger partial charge is 0.310 e. The molecule has 0 radical (unpaired) electrons. The molecule has 1 aromatic rings. The van der Waals surface area contributed by atoms with Crippen molar-refractivity contribution in [3.8, 4) is 0 Å². The Bertz CT molecular complexity index is 520. The lowest BCUT2D eigenvalue weighted by Gasteiger charge is -2.11. The normalized spacial score (nSPS) is 18.5. The Kier molecular flexibility index (Phi) is 4.16. The number of aromatic amines is 1. The third kappa shape index (κ3) is 3.11. The van der Waals surface area contributed by atoms with E-state index in [0.29, 0.717) is 12.4 Å². The predicted molar refractivity (Wildman–Crippen MR) is 67.5 cm³/mol. The van der Waals surface area contributed by atoms with Crippen molar-refractivity contribution in [2.45, 2.75) is 32.3 Å². The summed E-state index contributed by atoms with van der Waals surface area (Å²) in [4.78, 5) is 30.0. The van der Waals surface area contributed by atoms with E-state index in [4.69, 9.17) is 15.2 Å². The number of aromatic nitrogens is 2. The van der Waals surface area contributed by atoms with E-state index in [-0.39, 0.29) is 30.5 Å². The van der Waals surface area contributed by atoms with Gasteiger partial charge >= 0.3 is 5.97 Å². The molecule has 1 aliphatic heterocycles. The van der Waals surface area contributed by atoms with E-state index >= 15 is 0 Å². The van der Waals surface area contributed by atoms with Crippen molar-refractivity contribution in [1.29, 1.82) is 0 Å². The van der Waals surface area contributed by atoms with Crippen LogP contribution in [0.25, 0.3) is 0 Å². The number of nitrogens with zero attached hydrogens (tertiary/aromatic N) is 1. The number of ether oxygens (including phenoxy) is 2. The van der Waals surface area contributed by atoms with Crippen molar-refractivity contribution in [2.24, 2.45) is 0 Å². The Morgan fingerprint density at radius 3 is 3.00 bits per heavy atom. The maximum atomic E-state index is 11.9. The number of rotatable bonds is 4. The van der Waals surface area contributed by atoms with Gasteiger partial charge < -0.3 is 20.2 Å². The SMILES string of the molecule is CCOC(=O)Cc1c(N)nc(C2CCCO2)[nH]c1=O. The van der Waals surface area contributed by atoms with Gasteiger partial charge in [0, 0.05) is 6.61 Å². The molecule has 1 unspecified atom stereocenters. The third-order valence-electron chi connectivity index (χ3n) is 2.93. The molecule has 0 aromatic carbocycles. The molecule has 0 amide bonds. The predicted octanol–water partition coefficient (Wildman–Crippen LogP) is 0.309. The summed E-state index contributed by atoms with van der Waals surface area (Å²) in [7, 11) is 0. The van der Waals surface area contributed by atoms with E-state index in [9.17, 15) is 9.59 Å². The number of carbonyl (C=O) groups excluding carboxylic acids is 1. The van der Waals surface area contributed by atoms with Gasteiger partial charge in [0.2, 0.25) is 0 Å². The van der Waals surface area contributed by atoms with Crippen molar-refractivity contribution >= 4 is 11.8 Å². The summed E-state index contributed by atoms with van der Waals surface area (Å²) in [5.74, 6) is -0.0127. The molecule has 1 saturated heterocycles. The Morgan fingerprint density at radius 1 is 1.63 bits per heavy atom. The van der Waals surface area contributed by atoms with Gasteiger partial charge in [-0.05, 0) is 19.8 Å². The number of carbonyl (C=O) groups is 1. The second-order valence-corrected chi connectivity index (χ2v) is 4.30. The number of anilines is 1. The molecule has 104 valence electrons. The average molecular weight is 267 g/mol. The first kappa shape index (κ1) is 13.5. The molecule has 7 heteroatoms. The van der Waals surface area contributed by atoms with E-state index in [2.05, 4.69) is 9.97 Å². The van der Waals surface area contributed by atoms with Gasteiger partial charge in [0.25, 0.3) is 5.56 Å². The fourth-order valence-corrected chi connectivity index (χ4v) is 2.01. The van der Waals surface area contributed by atoms with Crippen LogP contribution in [0.2, 0.25) is 0 Å². The number of nitrogen functional groups attached to an aromatic ring is 1. The first-order chi connectivity index (χ1) is 9.11. The van der Waals surface area contributed by atoms with Crippen molar-refractivity contribution in [1.82, 2.24) is 9.97 Å². The lowest BCUT2D eigenvalue weighted by atomic mass is 10.2. The molecule has 2 rings (SSSR count). The minimum absolute atomic E-state index is 0.0577. The third-order valence-corrected chi connectivity index (χ3v) is 2.93. The van der Waals surface area contributed by atoms with Gasteiger partial charge in [-0.2, -0.15) is 0 Å². The molecule has 1 atom stereocenters. The minimum Gasteiger partial charge on any atom is -0.466 e. The van der Waals surface area contributed by atoms with Crippen LogP contribution in [0, 0.1) is 0 Å². The van der Waals surface area contributed by atoms with Crippen LogP contribution in [-0.4, -0.2) is 29.2 Å². The summed E-state index contributed by atoms with van der Waals surface area (Å²) in [6, 6.07) is 0. The molecule has 0 aliphatic carbocycles. The molecule has 2 heterocycles. The maximum Gasteiger partial charge on any atom is 0.310 e. The van der Waals surface area contributed by atoms with Gasteiger partial charge in [0.05, 0.1) is 18.6 Å². The van der Waals surface area contributed by atoms with E-state index in [0.717, 1.165) is 12.8 Å². The molecule has 7 nitrogen and oxygen atoms in total. The molecule has 0 saturated carbocycles. The Labute approximate surface area is 110 Å². The van der Waals surface area contributed by atoms with Crippen LogP contribution in [0.5, 0.6) is 0 Å². The van der Waals surface area contributed by atoms with Crippen molar-refractivity contribution in [2.75, 3.05) is 18.9 Å². The second kappa shape index (κ2) is 5.83. The van der Waals surface area contributed by atoms with E-state index in [1.54, 1.807) is 6.92 Å². The summed E-state index contributed by atoms with van der Waals surface area (Å²) in [5.41, 5.74) is 5.47. The van der Waals surface area contributed by atoms with Crippen molar-refractivity contribution in [3.05, 3.63) is 21.7 Å². The largest absolute Gasteiger partial charge is 0.466 e. The lowest BCUT2D eigenvalue weighted by molar-refractivity contribution is -0.142. The molecule has 1 aliphatic rings. The van der Waals surface area contributed by atoms with Gasteiger partial charge in [-0.3, -0.25) is 9.59 Å². The van der Waals surface area contributed by atoms with Crippen LogP contribution >= 0.6 is 0 Å². The highest BCUT2D eigenvalue weighted by molar-refractivity contribution is 5.74. The average Bonchev–Trinajstić information content (AvgIpc) is 2.87. The van der Waals surface area contributed by atoms with Crippen LogP contribution in [0.3, 0.4) is 0 Å². The zero-order chi connectivity index (χ0) is 13.8. The fraction of sp³-hybridized carbons (Fsp3) is 0.583. The summed E-state index contributed by atoms with van der Waals surface area (Å²) in [6.45, 7) is 2.61. The molecular formula is C12H17N3O4. The zero-order valence-electron chi connectivity index (χ0n) is 10.8. The summed E-state index contributed by atoms with van der Waals surface area (Å²) >= 11 is 0. The molecule has 3 N–H and O–H groups in total. The number of hydrogen-bond acceptors (Lipinski definition) is 6. The number of nitrogens with one attached hydrogen (secondary N) is 1. The molecular weight excluding hydrogens is 250 g/mol. The van der Waals surface area contributed by atoms with Crippen molar-refractivity contribution in [3.63, 3.8) is 0 Å². The van der Waals surface area contributed by atoms with Crippen LogP contribution < -0.4 is 11.3 Å². The molecule has 1 aromatic heterocycles. The van der Waals surface area contributed by atoms with Crippen LogP contribution in [0.15, 0.2) is 4.79 Å². The monoisotopic (exact) mass is 267 g/mol. The molecule has 0 spiro atoms. The highest BCUT2D eigenvalue weighted by Gasteiger charge is 2.22. The Morgan fingerprint density at radius 2 is 2.42 bits per heavy atom. The van der Waals surface area contributed by atoms with Gasteiger partial charge in [-0.1, -0.05) is 0 Å². The van der Waals surface area contributed by atoms with Crippen molar-refractivity contribution < 1.29 is 14.3 Å². The summed E-state index contributed by atoms with van der Waals surface area (Å²) < 4.78 is 10.2. The van der Waals surface area contributed by atoms with Gasteiger partial charge in [0.15, 0.2) is 0 Å². The topological polar surface area (TPSA) is 107 Å². The molecule has 0 bridgehead atoms. The van der Waals surface area contributed by atoms with E-state index in [1.807, 2.05) is 0 Å². The molecule has 19 heavy (non-hydrogen) atoms. The first-order valence-corrected chi connectivity index (χ1v) is 6.27. The highest BCUT2D eigenvalue weighted by Crippen LogP contribution is 2.25. The number of hydrogen-bond donors (Lipinski definition) is 2. The first-order valence-electron chi connectivity index (χ1n) is 6.27. The van der Waals surface area contributed by atoms with E-state index in [1.165, 1.54) is 0 Å². The van der Waals surface area contributed by atoms with Gasteiger partial charge in [-0.15, -0.1) is 0 Å². The fourth-order valence-electron chi connectivity index (χ4n) is 2.01. The Hall–Kier alpha value is -1.89. The maximum absolute atomic E-state index is 11.9. The number of H-pyrrole nitrogens is 1. The minimum atomic E-state index is -0.494. The lowest BCUT2D eigenvalue weighted by Crippen LogP contribution is -2.24. The summed E-state index contributed by atoms with van der Waals surface area (Å²) in [6.07, 6.45) is 1.35. The second-order valence-electron chi connectivity index (χ2n) is 4.30. The standard InChI is InChI=1S/C12H17N3O4/c1-2-18-9(16)6-7-10(13)14-11(15-12(7)17)8-4-3-5-19-8/h8H,2-6H2,1H3,(H3,13,14,15,17). The summed E-state index contributed by atoms with van der Waals surface area (Å²) in [5, 5.41) is 0. The van der Waals surface area contributed by atoms with Gasteiger partial charge in [0.1, 0.15) is 17.7 Å². The quantitative estimate of drug-likeness (QED) is 0.760. The van der Waals surface area contributed by atoms with Gasteiger partial charge in [-0.25, -0.2) is 4.98 Å². The van der Waals surface area contributed by atoms with E-state index < -0.39 is 11.5 Å². The van der Waals surface area contributed by atoms with Crippen LogP contribution in [0.1, 0.15) is 37.3 Å². The molecule has 1 fully saturated rings. The van der Waals surface area contributed by atoms with Crippen LogP contribution in [0.4, 0.5) is 5.82 Å².